The van der Waals surface area contributed by atoms with Crippen LogP contribution in [0.3, 0.4) is 0 Å². The number of carbonyl (C=O) groups is 1. The van der Waals surface area contributed by atoms with Crippen molar-refractivity contribution in [1.82, 2.24) is 14.8 Å². The highest BCUT2D eigenvalue weighted by Crippen LogP contribution is 2.29. The van der Waals surface area contributed by atoms with Gasteiger partial charge in [0.05, 0.1) is 30.5 Å². The predicted octanol–water partition coefficient (Wildman–Crippen LogP) is 6.91. The molecule has 1 N–H and O–H groups in total. The maximum atomic E-state index is 13.6. The number of hydrogen-bond donors (Lipinski definition) is 1. The van der Waals surface area contributed by atoms with Gasteiger partial charge in [-0.1, -0.05) is 72.8 Å². The lowest BCUT2D eigenvalue weighted by Gasteiger charge is -2.31. The number of anilines is 1. The van der Waals surface area contributed by atoms with Gasteiger partial charge < -0.3 is 9.64 Å². The Bertz CT molecular complexity index is 1370. The second-order valence-corrected chi connectivity index (χ2v) is 10.6. The molecule has 220 valence electrons. The lowest BCUT2D eigenvalue weighted by atomic mass is 9.88. The molecule has 10 heteroatoms. The summed E-state index contributed by atoms with van der Waals surface area (Å²) in [7, 11) is 0. The summed E-state index contributed by atoms with van der Waals surface area (Å²) >= 11 is 1.40. The number of urea groups is 1. The molecule has 0 atom stereocenters. The molecule has 0 saturated carbocycles. The Labute approximate surface area is 264 Å². The molecule has 42 heavy (non-hydrogen) atoms. The highest BCUT2D eigenvalue weighted by molar-refractivity contribution is 7.14. The maximum Gasteiger partial charge on any atom is 0.323 e. The maximum absolute atomic E-state index is 13.6. The third-order valence-electron chi connectivity index (χ3n) is 7.20. The SMILES string of the molecule is Cl.Cl.N#Cc1ccc(-c2csc(NC(=O)N(CCC(c3ccccc3)c3ccccc3)CCN3CCOCC3)n2)cc1. The van der Waals surface area contributed by atoms with E-state index in [1.165, 1.54) is 22.5 Å². The summed E-state index contributed by atoms with van der Waals surface area (Å²) in [6.07, 6.45) is 0.804. The predicted molar refractivity (Wildman–Crippen MR) is 174 cm³/mol. The summed E-state index contributed by atoms with van der Waals surface area (Å²) in [4.78, 5) is 22.5. The van der Waals surface area contributed by atoms with Crippen LogP contribution in [-0.4, -0.2) is 66.8 Å². The van der Waals surface area contributed by atoms with Crippen LogP contribution in [0.1, 0.15) is 29.0 Å². The number of nitrogens with zero attached hydrogens (tertiary/aromatic N) is 4. The molecule has 0 bridgehead atoms. The number of halogens is 2. The first-order valence-corrected chi connectivity index (χ1v) is 14.5. The van der Waals surface area contributed by atoms with Crippen LogP contribution in [0.25, 0.3) is 11.3 Å². The molecule has 3 aromatic carbocycles. The van der Waals surface area contributed by atoms with Crippen LogP contribution in [0.4, 0.5) is 9.93 Å². The number of hydrogen-bond acceptors (Lipinski definition) is 6. The van der Waals surface area contributed by atoms with Gasteiger partial charge in [0.1, 0.15) is 0 Å². The summed E-state index contributed by atoms with van der Waals surface area (Å²) in [6.45, 7) is 5.25. The molecule has 7 nitrogen and oxygen atoms in total. The minimum Gasteiger partial charge on any atom is -0.379 e. The van der Waals surface area contributed by atoms with Gasteiger partial charge in [-0.05, 0) is 29.7 Å². The third kappa shape index (κ3) is 9.02. The molecule has 0 aliphatic carbocycles. The first kappa shape index (κ1) is 33.1. The number of nitriles is 1. The van der Waals surface area contributed by atoms with Crippen LogP contribution in [0.15, 0.2) is 90.3 Å². The van der Waals surface area contributed by atoms with Crippen molar-refractivity contribution in [3.05, 3.63) is 107 Å². The van der Waals surface area contributed by atoms with Crippen molar-refractivity contribution in [2.75, 3.05) is 51.3 Å². The normalized spacial score (nSPS) is 13.0. The lowest BCUT2D eigenvalue weighted by molar-refractivity contribution is 0.0351. The smallest absolute Gasteiger partial charge is 0.323 e. The van der Waals surface area contributed by atoms with E-state index < -0.39 is 0 Å². The molecule has 0 spiro atoms. The van der Waals surface area contributed by atoms with Crippen LogP contribution < -0.4 is 5.32 Å². The van der Waals surface area contributed by atoms with Crippen LogP contribution >= 0.6 is 36.2 Å². The van der Waals surface area contributed by atoms with E-state index in [4.69, 9.17) is 10.00 Å². The summed E-state index contributed by atoms with van der Waals surface area (Å²) in [5.41, 5.74) is 4.78. The summed E-state index contributed by atoms with van der Waals surface area (Å²) < 4.78 is 5.50. The molecule has 0 radical (unpaired) electrons. The van der Waals surface area contributed by atoms with Gasteiger partial charge in [0.2, 0.25) is 0 Å². The highest BCUT2D eigenvalue weighted by Gasteiger charge is 2.21. The fourth-order valence-electron chi connectivity index (χ4n) is 4.93. The summed E-state index contributed by atoms with van der Waals surface area (Å²) in [5.74, 6) is 0.184. The van der Waals surface area contributed by atoms with E-state index in [9.17, 15) is 4.79 Å². The van der Waals surface area contributed by atoms with Gasteiger partial charge in [0, 0.05) is 49.6 Å². The van der Waals surface area contributed by atoms with Gasteiger partial charge >= 0.3 is 6.03 Å². The van der Waals surface area contributed by atoms with Gasteiger partial charge in [-0.25, -0.2) is 9.78 Å². The topological polar surface area (TPSA) is 81.5 Å². The van der Waals surface area contributed by atoms with Gasteiger partial charge in [-0.15, -0.1) is 36.2 Å². The largest absolute Gasteiger partial charge is 0.379 e. The first-order valence-electron chi connectivity index (χ1n) is 13.6. The molecule has 1 saturated heterocycles. The quantitative estimate of drug-likeness (QED) is 0.207. The molecular weight excluding hydrogens is 589 g/mol. The van der Waals surface area contributed by atoms with Crippen LogP contribution in [0.5, 0.6) is 0 Å². The molecule has 2 amide bonds. The van der Waals surface area contributed by atoms with Gasteiger partial charge in [-0.3, -0.25) is 10.2 Å². The Morgan fingerprint density at radius 2 is 1.57 bits per heavy atom. The van der Waals surface area contributed by atoms with E-state index in [0.717, 1.165) is 50.5 Å². The first-order chi connectivity index (χ1) is 19.7. The number of rotatable bonds is 10. The second kappa shape index (κ2) is 16.9. The Hall–Kier alpha value is -3.45. The molecule has 2 heterocycles. The zero-order valence-electron chi connectivity index (χ0n) is 23.2. The number of amides is 2. The Morgan fingerprint density at radius 1 is 0.952 bits per heavy atom. The number of morpholine rings is 1. The highest BCUT2D eigenvalue weighted by atomic mass is 35.5. The molecule has 4 aromatic rings. The molecule has 0 unspecified atom stereocenters. The van der Waals surface area contributed by atoms with E-state index in [-0.39, 0.29) is 36.8 Å². The third-order valence-corrected chi connectivity index (χ3v) is 7.95. The van der Waals surface area contributed by atoms with Crippen molar-refractivity contribution >= 4 is 47.3 Å². The average molecular weight is 625 g/mol. The van der Waals surface area contributed by atoms with Crippen LogP contribution in [0.2, 0.25) is 0 Å². The van der Waals surface area contributed by atoms with Gasteiger partial charge in [-0.2, -0.15) is 5.26 Å². The fraction of sp³-hybridized carbons (Fsp3) is 0.281. The van der Waals surface area contributed by atoms with E-state index in [1.807, 2.05) is 34.5 Å². The Balaban J connectivity index is 0.00000242. The van der Waals surface area contributed by atoms with Gasteiger partial charge in [0.15, 0.2) is 5.13 Å². The van der Waals surface area contributed by atoms with E-state index >= 15 is 0 Å². The fourth-order valence-corrected chi connectivity index (χ4v) is 5.64. The standard InChI is InChI=1S/C32H33N5O2S.2ClH/c33-23-25-11-13-28(14-12-25)30-24-40-31(34-30)35-32(38)37(18-17-36-19-21-39-22-20-36)16-15-29(26-7-3-1-4-8-26)27-9-5-2-6-10-27;;/h1-14,24,29H,15-22H2,(H,34,35,38);2*1H. The van der Waals surface area contributed by atoms with Crippen LogP contribution in [0, 0.1) is 11.3 Å². The van der Waals surface area contributed by atoms with E-state index in [1.54, 1.807) is 12.1 Å². The number of carbonyl (C=O) groups excluding carboxylic acids is 1. The van der Waals surface area contributed by atoms with Gasteiger partial charge in [0.25, 0.3) is 0 Å². The Kier molecular flexibility index (Phi) is 13.3. The Morgan fingerprint density at radius 3 is 2.17 bits per heavy atom. The number of thiazole rings is 1. The zero-order chi connectivity index (χ0) is 27.6. The summed E-state index contributed by atoms with van der Waals surface area (Å²) in [5, 5.41) is 14.6. The number of aromatic nitrogens is 1. The van der Waals surface area contributed by atoms with Crippen molar-refractivity contribution in [3.8, 4) is 17.3 Å². The molecule has 5 rings (SSSR count). The van der Waals surface area contributed by atoms with Crippen LogP contribution in [-0.2, 0) is 4.74 Å². The van der Waals surface area contributed by atoms with Crippen molar-refractivity contribution in [2.24, 2.45) is 0 Å². The lowest BCUT2D eigenvalue weighted by Crippen LogP contribution is -2.44. The second-order valence-electron chi connectivity index (χ2n) is 9.76. The number of benzene rings is 3. The summed E-state index contributed by atoms with van der Waals surface area (Å²) in [6, 6.07) is 30.3. The molecule has 1 aromatic heterocycles. The number of nitrogens with one attached hydrogen (secondary N) is 1. The average Bonchev–Trinajstić information content (AvgIpc) is 3.48. The molecule has 1 aliphatic rings. The monoisotopic (exact) mass is 623 g/mol. The molecule has 1 aliphatic heterocycles. The molecular formula is C32H35Cl2N5O2S. The zero-order valence-corrected chi connectivity index (χ0v) is 25.7. The molecule has 1 fully saturated rings. The van der Waals surface area contributed by atoms with Crippen molar-refractivity contribution in [2.45, 2.75) is 12.3 Å². The minimum absolute atomic E-state index is 0. The van der Waals surface area contributed by atoms with E-state index in [0.29, 0.717) is 23.8 Å². The van der Waals surface area contributed by atoms with Crippen molar-refractivity contribution in [3.63, 3.8) is 0 Å². The van der Waals surface area contributed by atoms with Crippen molar-refractivity contribution in [1.29, 1.82) is 5.26 Å². The minimum atomic E-state index is -0.145. The van der Waals surface area contributed by atoms with E-state index in [2.05, 4.69) is 69.8 Å². The van der Waals surface area contributed by atoms with Crippen molar-refractivity contribution < 1.29 is 9.53 Å². The number of ether oxygens (including phenoxy) is 1.